The molecule has 42 heavy (non-hydrogen) atoms. The molecule has 1 unspecified atom stereocenters. The van der Waals surface area contributed by atoms with Crippen LogP contribution in [0.1, 0.15) is 73.1 Å². The number of aryl methyl sites for hydroxylation is 2. The number of nitrogens with one attached hydrogen (secondary N) is 2. The number of rotatable bonds is 10. The van der Waals surface area contributed by atoms with E-state index in [0.29, 0.717) is 16.9 Å². The maximum atomic E-state index is 9.83. The molecule has 0 radical (unpaired) electrons. The topological polar surface area (TPSA) is 131 Å². The van der Waals surface area contributed by atoms with Gasteiger partial charge in [-0.2, -0.15) is 15.4 Å². The third-order valence-electron chi connectivity index (χ3n) is 9.88. The number of aromatic hydroxyl groups is 1. The fourth-order valence-corrected chi connectivity index (χ4v) is 7.44. The highest BCUT2D eigenvalue weighted by Crippen LogP contribution is 2.53. The van der Waals surface area contributed by atoms with Crippen LogP contribution in [0.25, 0.3) is 11.2 Å². The predicted octanol–water partition coefficient (Wildman–Crippen LogP) is 5.24. The molecule has 2 bridgehead atoms. The van der Waals surface area contributed by atoms with E-state index in [2.05, 4.69) is 62.2 Å². The molecule has 9 heteroatoms. The normalized spacial score (nSPS) is 22.5. The van der Waals surface area contributed by atoms with Gasteiger partial charge in [0, 0.05) is 24.2 Å². The van der Waals surface area contributed by atoms with E-state index in [1.165, 1.54) is 44.1 Å². The Morgan fingerprint density at radius 1 is 0.976 bits per heavy atom. The second-order valence-electron chi connectivity index (χ2n) is 12.3. The number of aromatic nitrogens is 6. The molecule has 0 spiro atoms. The van der Waals surface area contributed by atoms with Crippen molar-refractivity contribution in [2.24, 2.45) is 0 Å². The van der Waals surface area contributed by atoms with Gasteiger partial charge in [-0.25, -0.2) is 4.98 Å². The molecule has 0 aliphatic heterocycles. The van der Waals surface area contributed by atoms with Crippen LogP contribution >= 0.6 is 0 Å². The first-order valence-corrected chi connectivity index (χ1v) is 15.1. The standard InChI is InChI=1S/C33H38N8O/c34-29-20-28(30-31(37-29)39-40-38-30)27(24-21-36-41(22-24)18-10-23-5-4-8-26(42)19-23)9-17-35-33-14-11-32(12-15-33,13-16-33)25-6-2-1-3-7-25/h1-8,19-22,27,35,42H,9-18H2,(H3,34,37,38,39,40). The van der Waals surface area contributed by atoms with E-state index < -0.39 is 0 Å². The lowest BCUT2D eigenvalue weighted by molar-refractivity contribution is 0.0770. The lowest BCUT2D eigenvalue weighted by Crippen LogP contribution is -2.56. The summed E-state index contributed by atoms with van der Waals surface area (Å²) in [5.41, 5.74) is 12.8. The van der Waals surface area contributed by atoms with Crippen molar-refractivity contribution >= 4 is 17.0 Å². The molecular formula is C33H38N8O. The molecule has 1 atom stereocenters. The molecule has 5 N–H and O–H groups in total. The average Bonchev–Trinajstić information content (AvgIpc) is 3.69. The van der Waals surface area contributed by atoms with Gasteiger partial charge in [-0.05, 0) is 104 Å². The first-order chi connectivity index (χ1) is 20.5. The maximum Gasteiger partial charge on any atom is 0.203 e. The third-order valence-corrected chi connectivity index (χ3v) is 9.88. The number of H-pyrrole nitrogens is 1. The Kier molecular flexibility index (Phi) is 6.90. The highest BCUT2D eigenvalue weighted by Gasteiger charge is 2.48. The van der Waals surface area contributed by atoms with Crippen molar-refractivity contribution in [1.29, 1.82) is 0 Å². The molecular weight excluding hydrogens is 524 g/mol. The van der Waals surface area contributed by atoms with E-state index in [1.807, 2.05) is 29.1 Å². The van der Waals surface area contributed by atoms with Crippen molar-refractivity contribution in [2.45, 2.75) is 74.8 Å². The SMILES string of the molecule is Nc1cc(C(CCNC23CCC(c4ccccc4)(CC2)CC3)c2cnn(CCc3cccc(O)c3)c2)c2n[nH]nc2n1. The second-order valence-corrected chi connectivity index (χ2v) is 12.3. The Bertz CT molecular complexity index is 1650. The van der Waals surface area contributed by atoms with Crippen molar-refractivity contribution < 1.29 is 5.11 Å². The van der Waals surface area contributed by atoms with Gasteiger partial charge < -0.3 is 16.2 Å². The molecule has 3 aromatic heterocycles. The van der Waals surface area contributed by atoms with E-state index in [0.717, 1.165) is 48.1 Å². The zero-order valence-corrected chi connectivity index (χ0v) is 23.8. The Morgan fingerprint density at radius 3 is 2.57 bits per heavy atom. The first-order valence-electron chi connectivity index (χ1n) is 15.1. The Labute approximate surface area is 245 Å². The molecule has 5 aromatic rings. The zero-order valence-electron chi connectivity index (χ0n) is 23.8. The molecule has 3 aliphatic rings. The van der Waals surface area contributed by atoms with Crippen LogP contribution in [-0.4, -0.2) is 47.4 Å². The minimum atomic E-state index is 0.0388. The number of pyridine rings is 1. The monoisotopic (exact) mass is 562 g/mol. The summed E-state index contributed by atoms with van der Waals surface area (Å²) in [6, 6.07) is 20.5. The summed E-state index contributed by atoms with van der Waals surface area (Å²) in [6.45, 7) is 1.61. The van der Waals surface area contributed by atoms with Crippen LogP contribution in [0.3, 0.4) is 0 Å². The number of nitrogens with two attached hydrogens (primary N) is 1. The van der Waals surface area contributed by atoms with Crippen molar-refractivity contribution in [1.82, 2.24) is 35.5 Å². The Hall–Kier alpha value is -4.24. The largest absolute Gasteiger partial charge is 0.508 e. The average molecular weight is 563 g/mol. The molecule has 2 aromatic carbocycles. The Morgan fingerprint density at radius 2 is 1.79 bits per heavy atom. The fraction of sp³-hybridized carbons (Fsp3) is 0.394. The number of benzene rings is 2. The van der Waals surface area contributed by atoms with Gasteiger partial charge >= 0.3 is 0 Å². The number of anilines is 1. The number of nitrogen functional groups attached to an aromatic ring is 1. The van der Waals surface area contributed by atoms with Crippen LogP contribution < -0.4 is 11.1 Å². The van der Waals surface area contributed by atoms with E-state index >= 15 is 0 Å². The Balaban J connectivity index is 1.08. The summed E-state index contributed by atoms with van der Waals surface area (Å²) in [6.07, 6.45) is 13.2. The number of phenolic OH excluding ortho intramolecular Hbond substituents is 1. The quantitative estimate of drug-likeness (QED) is 0.183. The minimum Gasteiger partial charge on any atom is -0.508 e. The molecule has 8 rings (SSSR count). The van der Waals surface area contributed by atoms with Gasteiger partial charge in [0.1, 0.15) is 17.1 Å². The number of fused-ring (bicyclic) bond motifs is 4. The summed E-state index contributed by atoms with van der Waals surface area (Å²) in [7, 11) is 0. The van der Waals surface area contributed by atoms with Crippen molar-refractivity contribution in [3.63, 3.8) is 0 Å². The van der Waals surface area contributed by atoms with Crippen molar-refractivity contribution in [3.05, 3.63) is 95.3 Å². The fourth-order valence-electron chi connectivity index (χ4n) is 7.44. The highest BCUT2D eigenvalue weighted by molar-refractivity contribution is 5.77. The van der Waals surface area contributed by atoms with E-state index in [4.69, 9.17) is 10.8 Å². The molecule has 3 aliphatic carbocycles. The van der Waals surface area contributed by atoms with Gasteiger partial charge in [0.15, 0.2) is 0 Å². The van der Waals surface area contributed by atoms with Crippen molar-refractivity contribution in [3.8, 4) is 5.75 Å². The van der Waals surface area contributed by atoms with Crippen LogP contribution in [0.15, 0.2) is 73.1 Å². The van der Waals surface area contributed by atoms with Crippen LogP contribution in [0, 0.1) is 0 Å². The molecule has 216 valence electrons. The lowest BCUT2D eigenvalue weighted by Gasteiger charge is -2.54. The number of phenols is 1. The van der Waals surface area contributed by atoms with Crippen LogP contribution in [0.4, 0.5) is 5.82 Å². The van der Waals surface area contributed by atoms with Crippen LogP contribution in [0.5, 0.6) is 5.75 Å². The van der Waals surface area contributed by atoms with Crippen LogP contribution in [-0.2, 0) is 18.4 Å². The van der Waals surface area contributed by atoms with Gasteiger partial charge in [0.05, 0.1) is 6.20 Å². The molecule has 3 saturated carbocycles. The maximum absolute atomic E-state index is 9.83. The summed E-state index contributed by atoms with van der Waals surface area (Å²) in [5, 5.41) is 30.0. The van der Waals surface area contributed by atoms with E-state index in [-0.39, 0.29) is 17.2 Å². The predicted molar refractivity (Wildman–Crippen MR) is 163 cm³/mol. The number of hydrogen-bond donors (Lipinski definition) is 4. The lowest BCUT2D eigenvalue weighted by atomic mass is 9.55. The van der Waals surface area contributed by atoms with Gasteiger partial charge in [0.2, 0.25) is 5.65 Å². The molecule has 0 amide bonds. The summed E-state index contributed by atoms with van der Waals surface area (Å²) < 4.78 is 1.98. The van der Waals surface area contributed by atoms with Crippen molar-refractivity contribution in [2.75, 3.05) is 12.3 Å². The first kappa shape index (κ1) is 26.6. The van der Waals surface area contributed by atoms with Gasteiger partial charge in [-0.3, -0.25) is 4.68 Å². The number of nitrogens with zero attached hydrogens (tertiary/aromatic N) is 5. The van der Waals surface area contributed by atoms with E-state index in [9.17, 15) is 5.11 Å². The third kappa shape index (κ3) is 5.13. The smallest absolute Gasteiger partial charge is 0.203 e. The molecule has 0 saturated heterocycles. The summed E-state index contributed by atoms with van der Waals surface area (Å²) in [4.78, 5) is 4.38. The molecule has 3 heterocycles. The molecule has 9 nitrogen and oxygen atoms in total. The summed E-state index contributed by atoms with van der Waals surface area (Å²) >= 11 is 0. The van der Waals surface area contributed by atoms with Gasteiger partial charge in [0.25, 0.3) is 0 Å². The molecule has 3 fully saturated rings. The minimum absolute atomic E-state index is 0.0388. The van der Waals surface area contributed by atoms with Gasteiger partial charge in [-0.1, -0.05) is 42.5 Å². The summed E-state index contributed by atoms with van der Waals surface area (Å²) in [5.74, 6) is 0.766. The van der Waals surface area contributed by atoms with Crippen LogP contribution in [0.2, 0.25) is 0 Å². The second kappa shape index (κ2) is 10.9. The number of aromatic amines is 1. The number of hydrogen-bond acceptors (Lipinski definition) is 7. The van der Waals surface area contributed by atoms with E-state index in [1.54, 1.807) is 12.1 Å². The highest BCUT2D eigenvalue weighted by atomic mass is 16.3. The van der Waals surface area contributed by atoms with Gasteiger partial charge in [-0.15, -0.1) is 5.10 Å². The zero-order chi connectivity index (χ0) is 28.6.